The summed E-state index contributed by atoms with van der Waals surface area (Å²) < 4.78 is 0. The largest absolute Gasteiger partial charge is 0.345 e. The molecule has 0 N–H and O–H groups in total. The van der Waals surface area contributed by atoms with Gasteiger partial charge in [-0.05, 0) is 37.0 Å². The summed E-state index contributed by atoms with van der Waals surface area (Å²) in [6.07, 6.45) is 5.86. The van der Waals surface area contributed by atoms with E-state index in [4.69, 9.17) is 0 Å². The molecule has 1 fully saturated rings. The van der Waals surface area contributed by atoms with E-state index in [1.807, 2.05) is 11.9 Å². The monoisotopic (exact) mass is 197 g/mol. The molecule has 0 saturated heterocycles. The highest BCUT2D eigenvalue weighted by atomic mass is 16.1. The van der Waals surface area contributed by atoms with Crippen molar-refractivity contribution in [3.63, 3.8) is 0 Å². The molecular weight excluding hydrogens is 174 g/mol. The number of hydrogen-bond acceptors (Lipinski definition) is 1. The summed E-state index contributed by atoms with van der Waals surface area (Å²) >= 11 is 0. The predicted molar refractivity (Wildman–Crippen MR) is 59.0 cm³/mol. The molecule has 14 heavy (non-hydrogen) atoms. The zero-order valence-corrected chi connectivity index (χ0v) is 9.92. The minimum absolute atomic E-state index is 0.435. The normalized spacial score (nSPS) is 28.6. The van der Waals surface area contributed by atoms with Crippen LogP contribution in [0.2, 0.25) is 0 Å². The van der Waals surface area contributed by atoms with Crippen molar-refractivity contribution in [1.82, 2.24) is 4.90 Å². The van der Waals surface area contributed by atoms with Crippen molar-refractivity contribution in [2.45, 2.75) is 52.5 Å². The van der Waals surface area contributed by atoms with E-state index in [2.05, 4.69) is 20.8 Å². The molecule has 1 aliphatic rings. The Hall–Kier alpha value is -0.530. The van der Waals surface area contributed by atoms with E-state index < -0.39 is 0 Å². The highest BCUT2D eigenvalue weighted by Gasteiger charge is 2.30. The van der Waals surface area contributed by atoms with E-state index in [1.54, 1.807) is 0 Å². The van der Waals surface area contributed by atoms with Gasteiger partial charge in [0.1, 0.15) is 0 Å². The molecule has 1 aliphatic carbocycles. The van der Waals surface area contributed by atoms with Crippen molar-refractivity contribution in [1.29, 1.82) is 0 Å². The summed E-state index contributed by atoms with van der Waals surface area (Å²) in [5, 5.41) is 0. The van der Waals surface area contributed by atoms with Gasteiger partial charge in [0, 0.05) is 13.1 Å². The van der Waals surface area contributed by atoms with Crippen molar-refractivity contribution < 1.29 is 4.79 Å². The van der Waals surface area contributed by atoms with Gasteiger partial charge in [-0.3, -0.25) is 4.79 Å². The third kappa shape index (κ3) is 2.73. The van der Waals surface area contributed by atoms with Crippen LogP contribution in [0.4, 0.5) is 0 Å². The van der Waals surface area contributed by atoms with Crippen LogP contribution in [0.3, 0.4) is 0 Å². The van der Waals surface area contributed by atoms with Crippen LogP contribution in [0.1, 0.15) is 46.5 Å². The maximum Gasteiger partial charge on any atom is 0.209 e. The molecule has 0 aromatic heterocycles. The maximum absolute atomic E-state index is 10.6. The van der Waals surface area contributed by atoms with Gasteiger partial charge in [-0.15, -0.1) is 0 Å². The molecule has 0 heterocycles. The second kappa shape index (κ2) is 4.33. The fourth-order valence-corrected chi connectivity index (χ4v) is 2.44. The van der Waals surface area contributed by atoms with Gasteiger partial charge in [-0.1, -0.05) is 20.8 Å². The van der Waals surface area contributed by atoms with Gasteiger partial charge in [-0.25, -0.2) is 0 Å². The lowest BCUT2D eigenvalue weighted by Gasteiger charge is -2.38. The third-order valence-electron chi connectivity index (χ3n) is 3.66. The average Bonchev–Trinajstić information content (AvgIpc) is 2.15. The van der Waals surface area contributed by atoms with Gasteiger partial charge >= 0.3 is 0 Å². The molecule has 2 nitrogen and oxygen atoms in total. The molecule has 0 aliphatic heterocycles. The number of carbonyl (C=O) groups is 1. The fourth-order valence-electron chi connectivity index (χ4n) is 2.44. The second-order valence-electron chi connectivity index (χ2n) is 5.64. The van der Waals surface area contributed by atoms with E-state index >= 15 is 0 Å². The van der Waals surface area contributed by atoms with Crippen molar-refractivity contribution in [3.8, 4) is 0 Å². The molecule has 1 rings (SSSR count). The van der Waals surface area contributed by atoms with Crippen LogP contribution in [0.5, 0.6) is 0 Å². The molecule has 0 atom stereocenters. The molecule has 1 amide bonds. The molecular formula is C12H23NO. The summed E-state index contributed by atoms with van der Waals surface area (Å²) in [6, 6.07) is 0.492. The van der Waals surface area contributed by atoms with Crippen molar-refractivity contribution in [2.24, 2.45) is 11.3 Å². The van der Waals surface area contributed by atoms with E-state index in [0.29, 0.717) is 11.5 Å². The van der Waals surface area contributed by atoms with Crippen molar-refractivity contribution in [2.75, 3.05) is 7.05 Å². The van der Waals surface area contributed by atoms with E-state index in [1.165, 1.54) is 25.7 Å². The number of carbonyl (C=O) groups excluding carboxylic acids is 1. The van der Waals surface area contributed by atoms with Crippen LogP contribution in [0, 0.1) is 11.3 Å². The predicted octanol–water partition coefficient (Wildman–Crippen LogP) is 2.68. The zero-order chi connectivity index (χ0) is 10.8. The Bertz CT molecular complexity index is 187. The molecule has 0 bridgehead atoms. The van der Waals surface area contributed by atoms with E-state index in [-0.39, 0.29) is 0 Å². The summed E-state index contributed by atoms with van der Waals surface area (Å²) in [5.74, 6) is 0.832. The van der Waals surface area contributed by atoms with Gasteiger partial charge < -0.3 is 4.90 Å². The van der Waals surface area contributed by atoms with Crippen LogP contribution < -0.4 is 0 Å². The number of hydrogen-bond donors (Lipinski definition) is 0. The van der Waals surface area contributed by atoms with Crippen LogP contribution in [0.25, 0.3) is 0 Å². The Morgan fingerprint density at radius 3 is 2.00 bits per heavy atom. The van der Waals surface area contributed by atoms with Crippen molar-refractivity contribution >= 4 is 6.41 Å². The highest BCUT2D eigenvalue weighted by Crippen LogP contribution is 2.38. The molecule has 0 radical (unpaired) electrons. The molecule has 0 spiro atoms. The summed E-state index contributed by atoms with van der Waals surface area (Å²) in [6.45, 7) is 6.96. The molecule has 1 saturated carbocycles. The minimum atomic E-state index is 0.435. The number of amides is 1. The summed E-state index contributed by atoms with van der Waals surface area (Å²) in [4.78, 5) is 12.4. The minimum Gasteiger partial charge on any atom is -0.345 e. The molecule has 0 aromatic rings. The molecule has 2 heteroatoms. The van der Waals surface area contributed by atoms with E-state index in [0.717, 1.165) is 12.3 Å². The van der Waals surface area contributed by atoms with Gasteiger partial charge in [0.15, 0.2) is 0 Å². The van der Waals surface area contributed by atoms with Crippen LogP contribution in [0.15, 0.2) is 0 Å². The maximum atomic E-state index is 10.6. The van der Waals surface area contributed by atoms with Crippen molar-refractivity contribution in [3.05, 3.63) is 0 Å². The highest BCUT2D eigenvalue weighted by molar-refractivity contribution is 5.47. The zero-order valence-electron chi connectivity index (χ0n) is 9.92. The van der Waals surface area contributed by atoms with Gasteiger partial charge in [-0.2, -0.15) is 0 Å². The first-order chi connectivity index (χ1) is 6.45. The van der Waals surface area contributed by atoms with Crippen LogP contribution in [-0.4, -0.2) is 24.4 Å². The Balaban J connectivity index is 2.42. The van der Waals surface area contributed by atoms with E-state index in [9.17, 15) is 4.79 Å². The standard InChI is InChI=1S/C12H23NO/c1-12(2,3)10-5-7-11(8-6-10)13(4)9-14/h9-11H,5-8H2,1-4H3. The average molecular weight is 197 g/mol. The Morgan fingerprint density at radius 2 is 1.64 bits per heavy atom. The van der Waals surface area contributed by atoms with Gasteiger partial charge in [0.2, 0.25) is 6.41 Å². The number of nitrogens with zero attached hydrogens (tertiary/aromatic N) is 1. The molecule has 0 unspecified atom stereocenters. The lowest BCUT2D eigenvalue weighted by atomic mass is 9.71. The third-order valence-corrected chi connectivity index (χ3v) is 3.66. The smallest absolute Gasteiger partial charge is 0.209 e. The lowest BCUT2D eigenvalue weighted by Crippen LogP contribution is -2.36. The van der Waals surface area contributed by atoms with Gasteiger partial charge in [0.05, 0.1) is 0 Å². The lowest BCUT2D eigenvalue weighted by molar-refractivity contribution is -0.119. The van der Waals surface area contributed by atoms with Gasteiger partial charge in [0.25, 0.3) is 0 Å². The second-order valence-corrected chi connectivity index (χ2v) is 5.64. The Morgan fingerprint density at radius 1 is 1.14 bits per heavy atom. The molecule has 0 aromatic carbocycles. The SMILES string of the molecule is CN(C=O)C1CCC(C(C)(C)C)CC1. The molecule has 82 valence electrons. The van der Waals surface area contributed by atoms with Crippen LogP contribution in [-0.2, 0) is 4.79 Å². The Kier molecular flexibility index (Phi) is 3.57. The number of rotatable bonds is 2. The topological polar surface area (TPSA) is 20.3 Å². The first-order valence-corrected chi connectivity index (χ1v) is 5.62. The van der Waals surface area contributed by atoms with Crippen LogP contribution >= 0.6 is 0 Å². The Labute approximate surface area is 87.7 Å². The fraction of sp³-hybridized carbons (Fsp3) is 0.917. The first-order valence-electron chi connectivity index (χ1n) is 5.62. The summed E-state index contributed by atoms with van der Waals surface area (Å²) in [5.41, 5.74) is 0.435. The quantitative estimate of drug-likeness (QED) is 0.623. The summed E-state index contributed by atoms with van der Waals surface area (Å²) in [7, 11) is 1.90. The first kappa shape index (κ1) is 11.5.